The number of aryl methyl sites for hydroxylation is 1. The van der Waals surface area contributed by atoms with Crippen molar-refractivity contribution in [2.75, 3.05) is 0 Å². The van der Waals surface area contributed by atoms with Crippen molar-refractivity contribution in [3.05, 3.63) is 98.9 Å². The molecule has 2 aromatic heterocycles. The summed E-state index contributed by atoms with van der Waals surface area (Å²) in [6.07, 6.45) is 1.12. The van der Waals surface area contributed by atoms with Crippen LogP contribution in [0.2, 0.25) is 0 Å². The molecule has 0 spiro atoms. The standard InChI is InChI=1S/C24H21FN2OS2/c1-2-16-6-8-17(9-7-16)23(18-4-3-5-20(25)12-18)27-22(28)13-21-15-30-24(26-21)19-10-11-29-14-19/h3-12,14-15,23H,2,13H2,1H3,(H,27,28). The number of rotatable bonds is 7. The van der Waals surface area contributed by atoms with Crippen molar-refractivity contribution in [3.8, 4) is 10.6 Å². The lowest BCUT2D eigenvalue weighted by Crippen LogP contribution is -2.30. The average molecular weight is 437 g/mol. The molecular formula is C24H21FN2OS2. The summed E-state index contributed by atoms with van der Waals surface area (Å²) >= 11 is 3.15. The fraction of sp³-hybridized carbons (Fsp3) is 0.167. The second-order valence-corrected chi connectivity index (χ2v) is 8.62. The lowest BCUT2D eigenvalue weighted by molar-refractivity contribution is -0.121. The summed E-state index contributed by atoms with van der Waals surface area (Å²) in [6, 6.07) is 16.0. The van der Waals surface area contributed by atoms with Crippen LogP contribution in [0.25, 0.3) is 10.6 Å². The van der Waals surface area contributed by atoms with Gasteiger partial charge < -0.3 is 5.32 Å². The van der Waals surface area contributed by atoms with Crippen LogP contribution < -0.4 is 5.32 Å². The van der Waals surface area contributed by atoms with Gasteiger partial charge in [0.25, 0.3) is 0 Å². The number of hydrogen-bond acceptors (Lipinski definition) is 4. The van der Waals surface area contributed by atoms with Crippen molar-refractivity contribution < 1.29 is 9.18 Å². The number of carbonyl (C=O) groups is 1. The first-order valence-electron chi connectivity index (χ1n) is 9.73. The predicted molar refractivity (Wildman–Crippen MR) is 121 cm³/mol. The van der Waals surface area contributed by atoms with E-state index in [4.69, 9.17) is 0 Å². The predicted octanol–water partition coefficient (Wildman–Crippen LogP) is 6.02. The van der Waals surface area contributed by atoms with Crippen molar-refractivity contribution in [1.29, 1.82) is 0 Å². The van der Waals surface area contributed by atoms with Crippen LogP contribution in [0.4, 0.5) is 4.39 Å². The van der Waals surface area contributed by atoms with E-state index in [1.807, 2.05) is 52.5 Å². The number of aromatic nitrogens is 1. The Hall–Kier alpha value is -2.83. The molecule has 0 aliphatic heterocycles. The molecule has 0 aliphatic rings. The first-order chi connectivity index (χ1) is 14.6. The van der Waals surface area contributed by atoms with Gasteiger partial charge in [0.2, 0.25) is 5.91 Å². The normalized spacial score (nSPS) is 11.9. The highest BCUT2D eigenvalue weighted by Gasteiger charge is 2.19. The molecule has 0 bridgehead atoms. The van der Waals surface area contributed by atoms with Gasteiger partial charge in [-0.3, -0.25) is 4.79 Å². The highest BCUT2D eigenvalue weighted by atomic mass is 32.1. The second-order valence-electron chi connectivity index (χ2n) is 6.98. The topological polar surface area (TPSA) is 42.0 Å². The number of thiophene rings is 1. The van der Waals surface area contributed by atoms with Gasteiger partial charge in [0, 0.05) is 16.3 Å². The fourth-order valence-electron chi connectivity index (χ4n) is 3.27. The molecule has 3 nitrogen and oxygen atoms in total. The molecule has 1 unspecified atom stereocenters. The van der Waals surface area contributed by atoms with Gasteiger partial charge in [-0.1, -0.05) is 43.3 Å². The van der Waals surface area contributed by atoms with Crippen molar-refractivity contribution >= 4 is 28.6 Å². The lowest BCUT2D eigenvalue weighted by Gasteiger charge is -2.20. The molecule has 1 atom stereocenters. The van der Waals surface area contributed by atoms with Gasteiger partial charge >= 0.3 is 0 Å². The maximum atomic E-state index is 13.9. The van der Waals surface area contributed by atoms with Crippen LogP contribution in [0.5, 0.6) is 0 Å². The molecule has 0 fully saturated rings. The van der Waals surface area contributed by atoms with Crippen LogP contribution >= 0.6 is 22.7 Å². The van der Waals surface area contributed by atoms with Crippen LogP contribution in [0.1, 0.15) is 35.3 Å². The number of benzene rings is 2. The van der Waals surface area contributed by atoms with E-state index in [0.717, 1.165) is 28.2 Å². The lowest BCUT2D eigenvalue weighted by atomic mass is 9.97. The maximum absolute atomic E-state index is 13.9. The van der Waals surface area contributed by atoms with Gasteiger partial charge in [0.05, 0.1) is 18.2 Å². The fourth-order valence-corrected chi connectivity index (χ4v) is 4.81. The largest absolute Gasteiger partial charge is 0.345 e. The van der Waals surface area contributed by atoms with Gasteiger partial charge in [-0.15, -0.1) is 11.3 Å². The summed E-state index contributed by atoms with van der Waals surface area (Å²) in [7, 11) is 0. The van der Waals surface area contributed by atoms with E-state index in [2.05, 4.69) is 17.2 Å². The minimum Gasteiger partial charge on any atom is -0.345 e. The summed E-state index contributed by atoms with van der Waals surface area (Å²) in [4.78, 5) is 17.4. The zero-order valence-corrected chi connectivity index (χ0v) is 18.1. The number of carbonyl (C=O) groups excluding carboxylic acids is 1. The summed E-state index contributed by atoms with van der Waals surface area (Å²) in [5.41, 5.74) is 4.66. The molecule has 1 amide bonds. The van der Waals surface area contributed by atoms with E-state index in [0.29, 0.717) is 5.56 Å². The average Bonchev–Trinajstić information content (AvgIpc) is 3.44. The minimum atomic E-state index is -0.422. The Morgan fingerprint density at radius 1 is 1.10 bits per heavy atom. The molecule has 2 aromatic carbocycles. The van der Waals surface area contributed by atoms with E-state index in [1.54, 1.807) is 17.4 Å². The summed E-state index contributed by atoms with van der Waals surface area (Å²) in [5.74, 6) is -0.470. The minimum absolute atomic E-state index is 0.147. The first-order valence-corrected chi connectivity index (χ1v) is 11.5. The first kappa shape index (κ1) is 20.4. The van der Waals surface area contributed by atoms with Crippen molar-refractivity contribution in [2.45, 2.75) is 25.8 Å². The monoisotopic (exact) mass is 436 g/mol. The van der Waals surface area contributed by atoms with E-state index < -0.39 is 6.04 Å². The smallest absolute Gasteiger partial charge is 0.226 e. The third-order valence-electron chi connectivity index (χ3n) is 4.87. The molecule has 30 heavy (non-hydrogen) atoms. The molecule has 6 heteroatoms. The Labute approximate surface area is 183 Å². The van der Waals surface area contributed by atoms with E-state index in [1.165, 1.54) is 29.0 Å². The molecule has 4 aromatic rings. The number of hydrogen-bond donors (Lipinski definition) is 1. The molecule has 0 saturated heterocycles. The third kappa shape index (κ3) is 4.83. The maximum Gasteiger partial charge on any atom is 0.226 e. The Morgan fingerprint density at radius 2 is 1.93 bits per heavy atom. The molecule has 0 saturated carbocycles. The van der Waals surface area contributed by atoms with Crippen LogP contribution in [0, 0.1) is 5.82 Å². The van der Waals surface area contributed by atoms with Crippen LogP contribution in [0.3, 0.4) is 0 Å². The number of nitrogens with one attached hydrogen (secondary N) is 1. The van der Waals surface area contributed by atoms with Gasteiger partial charge in [0.1, 0.15) is 10.8 Å². The Balaban J connectivity index is 1.54. The highest BCUT2D eigenvalue weighted by Crippen LogP contribution is 2.27. The van der Waals surface area contributed by atoms with Crippen molar-refractivity contribution in [1.82, 2.24) is 10.3 Å². The Kier molecular flexibility index (Phi) is 6.35. The van der Waals surface area contributed by atoms with Crippen LogP contribution in [-0.2, 0) is 17.6 Å². The molecule has 152 valence electrons. The molecule has 4 rings (SSSR count). The number of thiazole rings is 1. The summed E-state index contributed by atoms with van der Waals surface area (Å²) in [5, 5.41) is 9.95. The summed E-state index contributed by atoms with van der Waals surface area (Å²) in [6.45, 7) is 2.10. The van der Waals surface area contributed by atoms with Gasteiger partial charge in [0.15, 0.2) is 0 Å². The van der Waals surface area contributed by atoms with Crippen LogP contribution in [-0.4, -0.2) is 10.9 Å². The number of halogens is 1. The van der Waals surface area contributed by atoms with Gasteiger partial charge in [-0.25, -0.2) is 9.37 Å². The summed E-state index contributed by atoms with van der Waals surface area (Å²) < 4.78 is 13.9. The second kappa shape index (κ2) is 9.32. The van der Waals surface area contributed by atoms with Crippen molar-refractivity contribution in [3.63, 3.8) is 0 Å². The van der Waals surface area contributed by atoms with Crippen LogP contribution in [0.15, 0.2) is 70.7 Å². The molecule has 1 N–H and O–H groups in total. The Bertz CT molecular complexity index is 1120. The Morgan fingerprint density at radius 3 is 2.63 bits per heavy atom. The molecular weight excluding hydrogens is 415 g/mol. The molecule has 0 radical (unpaired) electrons. The van der Waals surface area contributed by atoms with Crippen molar-refractivity contribution in [2.24, 2.45) is 0 Å². The zero-order valence-electron chi connectivity index (χ0n) is 16.5. The van der Waals surface area contributed by atoms with E-state index in [-0.39, 0.29) is 18.1 Å². The quantitative estimate of drug-likeness (QED) is 0.385. The molecule has 2 heterocycles. The van der Waals surface area contributed by atoms with E-state index >= 15 is 0 Å². The number of nitrogens with zero attached hydrogens (tertiary/aromatic N) is 1. The van der Waals surface area contributed by atoms with Gasteiger partial charge in [-0.05, 0) is 46.7 Å². The van der Waals surface area contributed by atoms with Gasteiger partial charge in [-0.2, -0.15) is 11.3 Å². The highest BCUT2D eigenvalue weighted by molar-refractivity contribution is 7.14. The third-order valence-corrected chi connectivity index (χ3v) is 6.49. The zero-order chi connectivity index (χ0) is 20.9. The number of amides is 1. The molecule has 0 aliphatic carbocycles. The van der Waals surface area contributed by atoms with E-state index in [9.17, 15) is 9.18 Å². The SMILES string of the molecule is CCc1ccc(C(NC(=O)Cc2csc(-c3ccsc3)n2)c2cccc(F)c2)cc1.